The van der Waals surface area contributed by atoms with Crippen molar-refractivity contribution in [1.29, 1.82) is 0 Å². The van der Waals surface area contributed by atoms with Gasteiger partial charge in [-0.05, 0) is 43.2 Å². The molecule has 0 aliphatic carbocycles. The summed E-state index contributed by atoms with van der Waals surface area (Å²) in [6, 6.07) is 10.8. The number of aryl methyl sites for hydroxylation is 2. The van der Waals surface area contributed by atoms with Crippen LogP contribution in [0.4, 0.5) is 4.39 Å². The van der Waals surface area contributed by atoms with Crippen molar-refractivity contribution in [1.82, 2.24) is 0 Å². The second-order valence-corrected chi connectivity index (χ2v) is 6.30. The van der Waals surface area contributed by atoms with E-state index < -0.39 is 0 Å². The van der Waals surface area contributed by atoms with Crippen LogP contribution in [0.15, 0.2) is 45.6 Å². The zero-order chi connectivity index (χ0) is 16.7. The first-order valence-corrected chi connectivity index (χ1v) is 7.72. The molecule has 0 radical (unpaired) electrons. The fourth-order valence-corrected chi connectivity index (χ4v) is 2.89. The maximum Gasteiger partial charge on any atom is 0.343 e. The summed E-state index contributed by atoms with van der Waals surface area (Å²) in [4.78, 5) is 12.3. The molecule has 1 heterocycles. The third kappa shape index (κ3) is 2.67. The number of hydrogen-bond donors (Lipinski definition) is 0. The highest BCUT2D eigenvalue weighted by atomic mass is 19.1. The average molecular weight is 310 g/mol. The number of rotatable bonds is 2. The van der Waals surface area contributed by atoms with Crippen molar-refractivity contribution >= 4 is 10.8 Å². The second-order valence-electron chi connectivity index (χ2n) is 6.30. The fourth-order valence-electron chi connectivity index (χ4n) is 2.89. The Hall–Kier alpha value is -2.42. The van der Waals surface area contributed by atoms with Crippen molar-refractivity contribution in [2.45, 2.75) is 33.6 Å². The lowest BCUT2D eigenvalue weighted by Gasteiger charge is -2.15. The summed E-state index contributed by atoms with van der Waals surface area (Å²) < 4.78 is 19.2. The molecule has 3 rings (SSSR count). The summed E-state index contributed by atoms with van der Waals surface area (Å²) in [5.41, 5.74) is 2.99. The molecule has 3 heteroatoms. The minimum atomic E-state index is -0.324. The van der Waals surface area contributed by atoms with Crippen LogP contribution in [-0.4, -0.2) is 0 Å². The molecule has 0 amide bonds. The Bertz CT molecular complexity index is 952. The lowest BCUT2D eigenvalue weighted by Crippen LogP contribution is -2.06. The lowest BCUT2D eigenvalue weighted by atomic mass is 9.93. The summed E-state index contributed by atoms with van der Waals surface area (Å²) in [7, 11) is 0. The third-order valence-electron chi connectivity index (χ3n) is 4.08. The molecule has 1 aromatic heterocycles. The standard InChI is InChI=1S/C20H19FO2/c1-11(2)19-18(14-6-8-17(21)13(4)10-14)15-7-5-12(3)9-16(15)20(22)23-19/h5-11H,1-4H3. The maximum atomic E-state index is 13.6. The van der Waals surface area contributed by atoms with Gasteiger partial charge < -0.3 is 4.42 Å². The van der Waals surface area contributed by atoms with Gasteiger partial charge in [0.15, 0.2) is 0 Å². The molecule has 0 saturated heterocycles. The highest BCUT2D eigenvalue weighted by molar-refractivity contribution is 5.97. The molecule has 23 heavy (non-hydrogen) atoms. The number of fused-ring (bicyclic) bond motifs is 1. The van der Waals surface area contributed by atoms with Gasteiger partial charge in [0.2, 0.25) is 0 Å². The Balaban J connectivity index is 2.45. The molecule has 2 aromatic carbocycles. The Kier molecular flexibility index (Phi) is 3.80. The van der Waals surface area contributed by atoms with Crippen LogP contribution in [0, 0.1) is 19.7 Å². The van der Waals surface area contributed by atoms with Gasteiger partial charge in [0, 0.05) is 16.9 Å². The topological polar surface area (TPSA) is 30.2 Å². The fraction of sp³-hybridized carbons (Fsp3) is 0.250. The van der Waals surface area contributed by atoms with Crippen LogP contribution in [0.5, 0.6) is 0 Å². The molecule has 0 bridgehead atoms. The molecule has 118 valence electrons. The Morgan fingerprint density at radius 1 is 1.00 bits per heavy atom. The quantitative estimate of drug-likeness (QED) is 0.639. The monoisotopic (exact) mass is 310 g/mol. The van der Waals surface area contributed by atoms with E-state index in [0.717, 1.165) is 22.1 Å². The molecular formula is C20H19FO2. The minimum absolute atomic E-state index is 0.0498. The van der Waals surface area contributed by atoms with E-state index in [0.29, 0.717) is 16.7 Å². The molecule has 0 fully saturated rings. The maximum absolute atomic E-state index is 13.6. The lowest BCUT2D eigenvalue weighted by molar-refractivity contribution is 0.450. The summed E-state index contributed by atoms with van der Waals surface area (Å²) in [6.07, 6.45) is 0. The SMILES string of the molecule is Cc1ccc2c(-c3ccc(F)c(C)c3)c(C(C)C)oc(=O)c2c1. The van der Waals surface area contributed by atoms with Crippen molar-refractivity contribution in [3.63, 3.8) is 0 Å². The summed E-state index contributed by atoms with van der Waals surface area (Å²) in [5, 5.41) is 1.41. The van der Waals surface area contributed by atoms with Gasteiger partial charge in [0.05, 0.1) is 5.39 Å². The molecule has 3 aromatic rings. The summed E-state index contributed by atoms with van der Waals surface area (Å²) >= 11 is 0. The average Bonchev–Trinajstić information content (AvgIpc) is 2.50. The Labute approximate surface area is 134 Å². The molecule has 0 N–H and O–H groups in total. The molecule has 0 aliphatic rings. The summed E-state index contributed by atoms with van der Waals surface area (Å²) in [5.74, 6) is 0.448. The first kappa shape index (κ1) is 15.5. The van der Waals surface area contributed by atoms with Gasteiger partial charge in [-0.2, -0.15) is 0 Å². The van der Waals surface area contributed by atoms with Crippen LogP contribution in [0.25, 0.3) is 21.9 Å². The van der Waals surface area contributed by atoms with E-state index in [1.807, 2.05) is 39.0 Å². The van der Waals surface area contributed by atoms with E-state index in [1.54, 1.807) is 19.1 Å². The van der Waals surface area contributed by atoms with Gasteiger partial charge in [-0.3, -0.25) is 0 Å². The van der Waals surface area contributed by atoms with Crippen LogP contribution < -0.4 is 5.63 Å². The van der Waals surface area contributed by atoms with Gasteiger partial charge in [0.25, 0.3) is 0 Å². The van der Waals surface area contributed by atoms with E-state index in [2.05, 4.69) is 0 Å². The highest BCUT2D eigenvalue weighted by Gasteiger charge is 2.18. The van der Waals surface area contributed by atoms with E-state index in [-0.39, 0.29) is 17.4 Å². The number of halogens is 1. The van der Waals surface area contributed by atoms with E-state index in [1.165, 1.54) is 6.07 Å². The van der Waals surface area contributed by atoms with Gasteiger partial charge in [0.1, 0.15) is 11.6 Å². The first-order chi connectivity index (χ1) is 10.9. The minimum Gasteiger partial charge on any atom is -0.426 e. The predicted octanol–water partition coefficient (Wildman–Crippen LogP) is 5.34. The van der Waals surface area contributed by atoms with Crippen LogP contribution in [-0.2, 0) is 0 Å². The highest BCUT2D eigenvalue weighted by Crippen LogP contribution is 2.35. The van der Waals surface area contributed by atoms with Crippen molar-refractivity contribution in [2.75, 3.05) is 0 Å². The Morgan fingerprint density at radius 3 is 2.39 bits per heavy atom. The molecule has 0 atom stereocenters. The van der Waals surface area contributed by atoms with Crippen LogP contribution >= 0.6 is 0 Å². The smallest absolute Gasteiger partial charge is 0.343 e. The van der Waals surface area contributed by atoms with Crippen molar-refractivity contribution in [3.8, 4) is 11.1 Å². The van der Waals surface area contributed by atoms with Crippen LogP contribution in [0.3, 0.4) is 0 Å². The predicted molar refractivity (Wildman–Crippen MR) is 91.4 cm³/mol. The zero-order valence-corrected chi connectivity index (χ0v) is 13.7. The molecular weight excluding hydrogens is 291 g/mol. The van der Waals surface area contributed by atoms with Gasteiger partial charge in [-0.1, -0.05) is 37.6 Å². The molecule has 0 saturated carbocycles. The second kappa shape index (κ2) is 5.65. The van der Waals surface area contributed by atoms with Gasteiger partial charge >= 0.3 is 5.63 Å². The molecule has 0 spiro atoms. The summed E-state index contributed by atoms with van der Waals surface area (Å²) in [6.45, 7) is 7.65. The van der Waals surface area contributed by atoms with Crippen LogP contribution in [0.1, 0.15) is 36.7 Å². The van der Waals surface area contributed by atoms with Crippen molar-refractivity contribution < 1.29 is 8.81 Å². The third-order valence-corrected chi connectivity index (χ3v) is 4.08. The first-order valence-electron chi connectivity index (χ1n) is 7.72. The molecule has 2 nitrogen and oxygen atoms in total. The van der Waals surface area contributed by atoms with Crippen molar-refractivity contribution in [3.05, 3.63) is 69.5 Å². The van der Waals surface area contributed by atoms with Gasteiger partial charge in [-0.25, -0.2) is 9.18 Å². The number of benzene rings is 2. The molecule has 0 unspecified atom stereocenters. The van der Waals surface area contributed by atoms with E-state index in [9.17, 15) is 9.18 Å². The van der Waals surface area contributed by atoms with E-state index in [4.69, 9.17) is 4.42 Å². The van der Waals surface area contributed by atoms with E-state index >= 15 is 0 Å². The number of hydrogen-bond acceptors (Lipinski definition) is 2. The normalized spacial score (nSPS) is 11.4. The largest absolute Gasteiger partial charge is 0.426 e. The molecule has 0 aliphatic heterocycles. The van der Waals surface area contributed by atoms with Crippen LogP contribution in [0.2, 0.25) is 0 Å². The van der Waals surface area contributed by atoms with Gasteiger partial charge in [-0.15, -0.1) is 0 Å². The Morgan fingerprint density at radius 2 is 1.74 bits per heavy atom. The van der Waals surface area contributed by atoms with Crippen molar-refractivity contribution in [2.24, 2.45) is 0 Å². The zero-order valence-electron chi connectivity index (χ0n) is 13.7.